The largest absolute Gasteiger partial charge is 0.352 e. The molecule has 0 spiro atoms. The van der Waals surface area contributed by atoms with Crippen LogP contribution in [0.1, 0.15) is 37.0 Å². The SMILES string of the molecule is CC(C)NC(=O)Cn1cc(C(=O)C(=O)N2CCCC2)c2ccccc21. The van der Waals surface area contributed by atoms with Crippen LogP contribution in [0.3, 0.4) is 0 Å². The molecule has 25 heavy (non-hydrogen) atoms. The number of likely N-dealkylation sites (tertiary alicyclic amines) is 1. The van der Waals surface area contributed by atoms with E-state index in [0.29, 0.717) is 24.0 Å². The van der Waals surface area contributed by atoms with E-state index in [2.05, 4.69) is 5.32 Å². The fourth-order valence-electron chi connectivity index (χ4n) is 3.26. The predicted octanol–water partition coefficient (Wildman–Crippen LogP) is 1.97. The van der Waals surface area contributed by atoms with E-state index in [4.69, 9.17) is 0 Å². The zero-order valence-electron chi connectivity index (χ0n) is 14.6. The zero-order chi connectivity index (χ0) is 18.0. The summed E-state index contributed by atoms with van der Waals surface area (Å²) in [7, 11) is 0. The Labute approximate surface area is 146 Å². The first-order chi connectivity index (χ1) is 12.0. The molecule has 1 aliphatic heterocycles. The highest BCUT2D eigenvalue weighted by Gasteiger charge is 2.28. The van der Waals surface area contributed by atoms with Crippen LogP contribution in [0.2, 0.25) is 0 Å². The molecule has 2 heterocycles. The van der Waals surface area contributed by atoms with Gasteiger partial charge in [-0.2, -0.15) is 0 Å². The van der Waals surface area contributed by atoms with Crippen LogP contribution >= 0.6 is 0 Å². The van der Waals surface area contributed by atoms with E-state index >= 15 is 0 Å². The van der Waals surface area contributed by atoms with Crippen LogP contribution in [-0.2, 0) is 16.1 Å². The molecular weight excluding hydrogens is 318 g/mol. The van der Waals surface area contributed by atoms with Crippen LogP contribution < -0.4 is 5.32 Å². The Kier molecular flexibility index (Phi) is 4.88. The summed E-state index contributed by atoms with van der Waals surface area (Å²) in [4.78, 5) is 38.9. The van der Waals surface area contributed by atoms with Crippen molar-refractivity contribution < 1.29 is 14.4 Å². The van der Waals surface area contributed by atoms with Crippen molar-refractivity contribution in [2.24, 2.45) is 0 Å². The van der Waals surface area contributed by atoms with Gasteiger partial charge in [0.25, 0.3) is 11.7 Å². The molecule has 1 aromatic heterocycles. The molecule has 2 amide bonds. The van der Waals surface area contributed by atoms with Crippen molar-refractivity contribution in [2.75, 3.05) is 13.1 Å². The maximum absolute atomic E-state index is 12.7. The lowest BCUT2D eigenvalue weighted by atomic mass is 10.1. The van der Waals surface area contributed by atoms with Crippen molar-refractivity contribution in [1.82, 2.24) is 14.8 Å². The second kappa shape index (κ2) is 7.09. The van der Waals surface area contributed by atoms with Gasteiger partial charge in [0.15, 0.2) is 0 Å². The van der Waals surface area contributed by atoms with Crippen molar-refractivity contribution in [3.05, 3.63) is 36.0 Å². The zero-order valence-corrected chi connectivity index (χ0v) is 14.6. The number of ketones is 1. The minimum Gasteiger partial charge on any atom is -0.352 e. The highest BCUT2D eigenvalue weighted by Crippen LogP contribution is 2.23. The molecule has 1 N–H and O–H groups in total. The molecule has 2 aromatic rings. The summed E-state index contributed by atoms with van der Waals surface area (Å²) in [6.45, 7) is 5.19. The van der Waals surface area contributed by atoms with Crippen LogP contribution in [0, 0.1) is 0 Å². The van der Waals surface area contributed by atoms with Crippen molar-refractivity contribution in [2.45, 2.75) is 39.3 Å². The number of hydrogen-bond acceptors (Lipinski definition) is 3. The van der Waals surface area contributed by atoms with Crippen molar-refractivity contribution in [3.63, 3.8) is 0 Å². The quantitative estimate of drug-likeness (QED) is 0.668. The molecule has 1 fully saturated rings. The van der Waals surface area contributed by atoms with Gasteiger partial charge in [0.05, 0.1) is 5.56 Å². The molecule has 0 bridgehead atoms. The van der Waals surface area contributed by atoms with Gasteiger partial charge in [0.2, 0.25) is 5.91 Å². The molecule has 0 unspecified atom stereocenters. The summed E-state index contributed by atoms with van der Waals surface area (Å²) in [5.74, 6) is -1.08. The molecule has 0 atom stereocenters. The molecule has 0 aliphatic carbocycles. The molecule has 6 heteroatoms. The van der Waals surface area contributed by atoms with Crippen LogP contribution in [0.15, 0.2) is 30.5 Å². The average Bonchev–Trinajstić information content (AvgIpc) is 3.21. The number of benzene rings is 1. The van der Waals surface area contributed by atoms with Crippen molar-refractivity contribution >= 4 is 28.5 Å². The van der Waals surface area contributed by atoms with Gasteiger partial charge in [0.1, 0.15) is 6.54 Å². The van der Waals surface area contributed by atoms with Crippen LogP contribution in [0.25, 0.3) is 10.9 Å². The summed E-state index contributed by atoms with van der Waals surface area (Å²) >= 11 is 0. The van der Waals surface area contributed by atoms with E-state index < -0.39 is 11.7 Å². The van der Waals surface area contributed by atoms with Gasteiger partial charge in [-0.05, 0) is 32.8 Å². The fraction of sp³-hybridized carbons (Fsp3) is 0.421. The van der Waals surface area contributed by atoms with E-state index in [1.165, 1.54) is 0 Å². The van der Waals surface area contributed by atoms with Crippen LogP contribution in [0.4, 0.5) is 0 Å². The second-order valence-corrected chi connectivity index (χ2v) is 6.74. The lowest BCUT2D eigenvalue weighted by Gasteiger charge is -2.13. The summed E-state index contributed by atoms with van der Waals surface area (Å²) < 4.78 is 1.73. The first-order valence-corrected chi connectivity index (χ1v) is 8.68. The number of carbonyl (C=O) groups excluding carboxylic acids is 3. The number of hydrogen-bond donors (Lipinski definition) is 1. The van der Waals surface area contributed by atoms with E-state index in [0.717, 1.165) is 18.4 Å². The Morgan fingerprint density at radius 3 is 2.48 bits per heavy atom. The summed E-state index contributed by atoms with van der Waals surface area (Å²) in [5, 5.41) is 3.55. The van der Waals surface area contributed by atoms with Crippen molar-refractivity contribution in [3.8, 4) is 0 Å². The Bertz CT molecular complexity index is 816. The van der Waals surface area contributed by atoms with Gasteiger partial charge in [0, 0.05) is 36.2 Å². The first-order valence-electron chi connectivity index (χ1n) is 8.68. The molecular formula is C19H23N3O3. The number of nitrogens with zero attached hydrogens (tertiary/aromatic N) is 2. The number of fused-ring (bicyclic) bond motifs is 1. The third-order valence-corrected chi connectivity index (χ3v) is 4.38. The lowest BCUT2D eigenvalue weighted by Crippen LogP contribution is -2.34. The smallest absolute Gasteiger partial charge is 0.295 e. The Balaban J connectivity index is 1.92. The maximum Gasteiger partial charge on any atom is 0.295 e. The number of nitrogens with one attached hydrogen (secondary N) is 1. The highest BCUT2D eigenvalue weighted by molar-refractivity contribution is 6.44. The number of Topliss-reactive ketones (excluding diaryl/α,β-unsaturated/α-hetero) is 1. The molecule has 1 saturated heterocycles. The topological polar surface area (TPSA) is 71.4 Å². The van der Waals surface area contributed by atoms with Gasteiger partial charge in [-0.25, -0.2) is 0 Å². The summed E-state index contributed by atoms with van der Waals surface area (Å²) in [6, 6.07) is 7.41. The Morgan fingerprint density at radius 1 is 1.12 bits per heavy atom. The number of rotatable bonds is 5. The number of carbonyl (C=O) groups is 3. The lowest BCUT2D eigenvalue weighted by molar-refractivity contribution is -0.125. The highest BCUT2D eigenvalue weighted by atomic mass is 16.2. The first kappa shape index (κ1) is 17.2. The second-order valence-electron chi connectivity index (χ2n) is 6.74. The van der Waals surface area contributed by atoms with Gasteiger partial charge in [-0.15, -0.1) is 0 Å². The normalized spacial score (nSPS) is 14.3. The van der Waals surface area contributed by atoms with Gasteiger partial charge >= 0.3 is 0 Å². The third kappa shape index (κ3) is 3.57. The maximum atomic E-state index is 12.7. The fourth-order valence-corrected chi connectivity index (χ4v) is 3.26. The Morgan fingerprint density at radius 2 is 1.80 bits per heavy atom. The summed E-state index contributed by atoms with van der Waals surface area (Å²) in [6.07, 6.45) is 3.51. The molecule has 0 radical (unpaired) electrons. The number of aromatic nitrogens is 1. The third-order valence-electron chi connectivity index (χ3n) is 4.38. The minimum atomic E-state index is -0.499. The van der Waals surface area contributed by atoms with Crippen LogP contribution in [0.5, 0.6) is 0 Å². The molecule has 0 saturated carbocycles. The molecule has 1 aliphatic rings. The van der Waals surface area contributed by atoms with Crippen molar-refractivity contribution in [1.29, 1.82) is 0 Å². The van der Waals surface area contributed by atoms with Crippen LogP contribution in [-0.4, -0.2) is 46.2 Å². The monoisotopic (exact) mass is 341 g/mol. The minimum absolute atomic E-state index is 0.0483. The van der Waals surface area contributed by atoms with E-state index in [1.54, 1.807) is 15.7 Å². The predicted molar refractivity (Wildman–Crippen MR) is 95.4 cm³/mol. The van der Waals surface area contributed by atoms with E-state index in [-0.39, 0.29) is 18.5 Å². The van der Waals surface area contributed by atoms with Gasteiger partial charge in [-0.1, -0.05) is 18.2 Å². The number of para-hydroxylation sites is 1. The standard InChI is InChI=1S/C19H23N3O3/c1-13(2)20-17(23)12-22-11-15(14-7-3-4-8-16(14)22)18(24)19(25)21-9-5-6-10-21/h3-4,7-8,11,13H,5-6,9-10,12H2,1-2H3,(H,20,23). The van der Waals surface area contributed by atoms with Gasteiger partial charge in [-0.3, -0.25) is 14.4 Å². The molecule has 132 valence electrons. The van der Waals surface area contributed by atoms with Gasteiger partial charge < -0.3 is 14.8 Å². The molecule has 6 nitrogen and oxygen atoms in total. The van der Waals surface area contributed by atoms with E-state index in [1.807, 2.05) is 38.1 Å². The molecule has 1 aromatic carbocycles. The number of amides is 2. The Hall–Kier alpha value is -2.63. The van der Waals surface area contributed by atoms with E-state index in [9.17, 15) is 14.4 Å². The molecule has 3 rings (SSSR count). The summed E-state index contributed by atoms with van der Waals surface area (Å²) in [5.41, 5.74) is 1.14. The average molecular weight is 341 g/mol.